The number of aryl methyl sites for hydroxylation is 1. The van der Waals surface area contributed by atoms with Crippen LogP contribution >= 0.6 is 0 Å². The minimum absolute atomic E-state index is 0.243. The first-order valence-electron chi connectivity index (χ1n) is 11.3. The first-order chi connectivity index (χ1) is 17.4. The Morgan fingerprint density at radius 3 is 2.42 bits per heavy atom. The third-order valence-electron chi connectivity index (χ3n) is 5.50. The van der Waals surface area contributed by atoms with E-state index in [0.717, 1.165) is 22.1 Å². The van der Waals surface area contributed by atoms with Crippen molar-refractivity contribution in [2.45, 2.75) is 20.0 Å². The largest absolute Gasteiger partial charge is 0.489 e. The van der Waals surface area contributed by atoms with Crippen molar-refractivity contribution >= 4 is 22.8 Å². The number of halogens is 1. The topological polar surface area (TPSA) is 94.8 Å². The fourth-order valence-corrected chi connectivity index (χ4v) is 3.56. The number of nitrogens with one attached hydrogen (secondary N) is 1. The summed E-state index contributed by atoms with van der Waals surface area (Å²) in [6.07, 6.45) is 0.538. The first kappa shape index (κ1) is 24.7. The summed E-state index contributed by atoms with van der Waals surface area (Å²) in [6.45, 7) is 2.03. The molecule has 0 atom stereocenters. The second-order valence-corrected chi connectivity index (χ2v) is 8.19. The molecule has 1 aromatic heterocycles. The van der Waals surface area contributed by atoms with Gasteiger partial charge in [-0.1, -0.05) is 24.3 Å². The highest BCUT2D eigenvalue weighted by Gasteiger charge is 2.11. The quantitative estimate of drug-likeness (QED) is 0.278. The van der Waals surface area contributed by atoms with Gasteiger partial charge in [-0.2, -0.15) is 0 Å². The van der Waals surface area contributed by atoms with Crippen molar-refractivity contribution in [3.8, 4) is 5.75 Å². The van der Waals surface area contributed by atoms with Crippen LogP contribution in [0.2, 0.25) is 0 Å². The summed E-state index contributed by atoms with van der Waals surface area (Å²) in [4.78, 5) is 35.8. The van der Waals surface area contributed by atoms with Crippen LogP contribution in [0.3, 0.4) is 0 Å². The maximum absolute atomic E-state index is 12.9. The van der Waals surface area contributed by atoms with Gasteiger partial charge in [-0.3, -0.25) is 4.79 Å². The van der Waals surface area contributed by atoms with Crippen LogP contribution in [0.5, 0.6) is 5.75 Å². The van der Waals surface area contributed by atoms with Gasteiger partial charge in [0.15, 0.2) is 6.61 Å². The summed E-state index contributed by atoms with van der Waals surface area (Å²) >= 11 is 0. The Morgan fingerprint density at radius 2 is 1.67 bits per heavy atom. The molecule has 4 rings (SSSR count). The van der Waals surface area contributed by atoms with Gasteiger partial charge in [0.25, 0.3) is 5.91 Å². The Labute approximate surface area is 206 Å². The van der Waals surface area contributed by atoms with E-state index in [0.29, 0.717) is 29.9 Å². The monoisotopic (exact) mass is 489 g/mol. The highest BCUT2D eigenvalue weighted by molar-refractivity contribution is 5.91. The average molecular weight is 489 g/mol. The molecule has 0 aliphatic carbocycles. The lowest BCUT2D eigenvalue weighted by atomic mass is 10.1. The fraction of sp³-hybridized carbons (Fsp3) is 0.179. The predicted molar refractivity (Wildman–Crippen MR) is 131 cm³/mol. The van der Waals surface area contributed by atoms with Crippen molar-refractivity contribution < 1.29 is 27.9 Å². The molecule has 0 bridgehead atoms. The predicted octanol–water partition coefficient (Wildman–Crippen LogP) is 4.34. The molecular weight excluding hydrogens is 465 g/mol. The van der Waals surface area contributed by atoms with Gasteiger partial charge in [-0.05, 0) is 66.4 Å². The molecule has 0 spiro atoms. The van der Waals surface area contributed by atoms with Crippen molar-refractivity contribution in [3.05, 3.63) is 111 Å². The van der Waals surface area contributed by atoms with Crippen LogP contribution in [0.1, 0.15) is 27.0 Å². The normalized spacial score (nSPS) is 10.7. The molecule has 0 saturated carbocycles. The highest BCUT2D eigenvalue weighted by atomic mass is 19.1. The smallest absolute Gasteiger partial charge is 0.338 e. The minimum atomic E-state index is -0.615. The van der Waals surface area contributed by atoms with Crippen molar-refractivity contribution in [2.75, 3.05) is 13.2 Å². The summed E-state index contributed by atoms with van der Waals surface area (Å²) in [7, 11) is 0. The van der Waals surface area contributed by atoms with Gasteiger partial charge < -0.3 is 19.2 Å². The summed E-state index contributed by atoms with van der Waals surface area (Å²) in [6, 6.07) is 19.4. The van der Waals surface area contributed by atoms with Crippen LogP contribution in [0.15, 0.2) is 82.0 Å². The van der Waals surface area contributed by atoms with Gasteiger partial charge in [-0.15, -0.1) is 0 Å². The Bertz CT molecular complexity index is 1430. The van der Waals surface area contributed by atoms with E-state index in [2.05, 4.69) is 5.32 Å². The Balaban J connectivity index is 1.22. The zero-order chi connectivity index (χ0) is 25.5. The molecule has 3 aromatic carbocycles. The molecule has 1 heterocycles. The fourth-order valence-electron chi connectivity index (χ4n) is 3.56. The maximum Gasteiger partial charge on any atom is 0.338 e. The van der Waals surface area contributed by atoms with Gasteiger partial charge in [0.1, 0.15) is 23.8 Å². The number of rotatable bonds is 9. The molecule has 7 nitrogen and oxygen atoms in total. The number of ether oxygens (including phenoxy) is 2. The number of hydrogen-bond donors (Lipinski definition) is 1. The zero-order valence-corrected chi connectivity index (χ0v) is 19.6. The second-order valence-electron chi connectivity index (χ2n) is 8.19. The number of hydrogen-bond acceptors (Lipinski definition) is 6. The van der Waals surface area contributed by atoms with Crippen LogP contribution in [-0.2, 0) is 22.6 Å². The van der Waals surface area contributed by atoms with Gasteiger partial charge in [0.05, 0.1) is 5.56 Å². The molecule has 0 aliphatic rings. The van der Waals surface area contributed by atoms with Crippen molar-refractivity contribution in [3.63, 3.8) is 0 Å². The van der Waals surface area contributed by atoms with E-state index in [1.165, 1.54) is 18.2 Å². The Morgan fingerprint density at radius 1 is 0.944 bits per heavy atom. The van der Waals surface area contributed by atoms with Crippen LogP contribution in [-0.4, -0.2) is 25.0 Å². The van der Waals surface area contributed by atoms with Gasteiger partial charge in [-0.25, -0.2) is 14.0 Å². The molecule has 0 aliphatic heterocycles. The number of esters is 1. The van der Waals surface area contributed by atoms with E-state index in [9.17, 15) is 18.8 Å². The Hall–Kier alpha value is -4.46. The summed E-state index contributed by atoms with van der Waals surface area (Å²) in [5, 5.41) is 3.50. The number of benzene rings is 3. The van der Waals surface area contributed by atoms with Crippen molar-refractivity contribution in [2.24, 2.45) is 0 Å². The molecule has 0 radical (unpaired) electrons. The van der Waals surface area contributed by atoms with E-state index >= 15 is 0 Å². The van der Waals surface area contributed by atoms with Crippen LogP contribution < -0.4 is 15.7 Å². The molecule has 8 heteroatoms. The lowest BCUT2D eigenvalue weighted by molar-refractivity contribution is -0.124. The SMILES string of the molecule is Cc1cc(=O)oc2cc(OCc3ccc(C(=O)OCC(=O)NCCc4ccc(F)cc4)cc3)ccc12. The summed E-state index contributed by atoms with van der Waals surface area (Å²) in [5.74, 6) is -0.801. The first-order valence-corrected chi connectivity index (χ1v) is 11.3. The number of carbonyl (C=O) groups is 2. The van der Waals surface area contributed by atoms with Gasteiger partial charge in [0.2, 0.25) is 0 Å². The van der Waals surface area contributed by atoms with Crippen molar-refractivity contribution in [1.29, 1.82) is 0 Å². The molecule has 4 aromatic rings. The number of fused-ring (bicyclic) bond motifs is 1. The number of carbonyl (C=O) groups excluding carboxylic acids is 2. The third kappa shape index (κ3) is 6.56. The lowest BCUT2D eigenvalue weighted by Crippen LogP contribution is -2.30. The second kappa shape index (κ2) is 11.3. The maximum atomic E-state index is 12.9. The van der Waals surface area contributed by atoms with E-state index in [4.69, 9.17) is 13.9 Å². The standard InChI is InChI=1S/C28H24FNO6/c1-18-14-27(32)36-25-15-23(10-11-24(18)25)34-16-20-2-6-21(7-3-20)28(33)35-17-26(31)30-13-12-19-4-8-22(29)9-5-19/h2-11,14-15H,12-13,16-17H2,1H3,(H,30,31). The molecule has 184 valence electrons. The summed E-state index contributed by atoms with van der Waals surface area (Å²) in [5.41, 5.74) is 2.88. The molecule has 0 unspecified atom stereocenters. The van der Waals surface area contributed by atoms with E-state index in [1.54, 1.807) is 48.5 Å². The minimum Gasteiger partial charge on any atom is -0.489 e. The average Bonchev–Trinajstić information content (AvgIpc) is 2.87. The van der Waals surface area contributed by atoms with Gasteiger partial charge in [0, 0.05) is 24.1 Å². The van der Waals surface area contributed by atoms with Crippen LogP contribution in [0, 0.1) is 12.7 Å². The molecule has 36 heavy (non-hydrogen) atoms. The lowest BCUT2D eigenvalue weighted by Gasteiger charge is -2.09. The third-order valence-corrected chi connectivity index (χ3v) is 5.50. The van der Waals surface area contributed by atoms with E-state index in [-0.39, 0.29) is 12.4 Å². The highest BCUT2D eigenvalue weighted by Crippen LogP contribution is 2.23. The zero-order valence-electron chi connectivity index (χ0n) is 19.6. The van der Waals surface area contributed by atoms with E-state index < -0.39 is 24.1 Å². The molecule has 0 saturated heterocycles. The Kier molecular flexibility index (Phi) is 7.75. The summed E-state index contributed by atoms with van der Waals surface area (Å²) < 4.78 is 29.0. The molecule has 1 N–H and O–H groups in total. The number of amides is 1. The van der Waals surface area contributed by atoms with Crippen molar-refractivity contribution in [1.82, 2.24) is 5.32 Å². The van der Waals surface area contributed by atoms with Crippen LogP contribution in [0.25, 0.3) is 11.0 Å². The van der Waals surface area contributed by atoms with Gasteiger partial charge >= 0.3 is 11.6 Å². The van der Waals surface area contributed by atoms with E-state index in [1.807, 2.05) is 13.0 Å². The molecule has 1 amide bonds. The van der Waals surface area contributed by atoms with Crippen LogP contribution in [0.4, 0.5) is 4.39 Å². The molecular formula is C28H24FNO6. The molecule has 0 fully saturated rings.